The molecular formula is C30H35NO6. The number of aryl methyl sites for hydroxylation is 1. The minimum absolute atomic E-state index is 0.0116. The van der Waals surface area contributed by atoms with E-state index in [9.17, 15) is 15.0 Å². The standard InChI is InChI=1S/C30H35NO6/c1-30(2,3)26-16-21(29(33)34)10-13-28(26)36-24-12-14-27-20(15-24)9-11-25(37-27)18-31-17-22(32)19-35-23-7-5-4-6-8-23/h4-8,10,12-16,22,25,31-32H,9,11,17-19H2,1-3H3,(H,33,34)/t22-,25+/m0/s1. The van der Waals surface area contributed by atoms with Crippen LogP contribution >= 0.6 is 0 Å². The van der Waals surface area contributed by atoms with Crippen LogP contribution in [0.3, 0.4) is 0 Å². The van der Waals surface area contributed by atoms with Gasteiger partial charge in [0.1, 0.15) is 41.8 Å². The van der Waals surface area contributed by atoms with Gasteiger partial charge in [-0.2, -0.15) is 0 Å². The summed E-state index contributed by atoms with van der Waals surface area (Å²) in [5.74, 6) is 1.95. The van der Waals surface area contributed by atoms with Gasteiger partial charge in [-0.3, -0.25) is 0 Å². The van der Waals surface area contributed by atoms with Crippen molar-refractivity contribution in [2.75, 3.05) is 19.7 Å². The maximum atomic E-state index is 11.4. The molecule has 0 aromatic heterocycles. The van der Waals surface area contributed by atoms with Crippen LogP contribution < -0.4 is 19.5 Å². The van der Waals surface area contributed by atoms with Crippen LogP contribution in [0.25, 0.3) is 0 Å². The largest absolute Gasteiger partial charge is 0.491 e. The number of carboxylic acid groups (broad SMARTS) is 1. The molecule has 37 heavy (non-hydrogen) atoms. The SMILES string of the molecule is CC(C)(C)c1cc(C(=O)O)ccc1Oc1ccc2c(c1)CC[C@H](CNC[C@H](O)COc1ccccc1)O2. The third-order valence-corrected chi connectivity index (χ3v) is 6.26. The average molecular weight is 506 g/mol. The van der Waals surface area contributed by atoms with Crippen LogP contribution in [0.5, 0.6) is 23.0 Å². The molecule has 0 saturated heterocycles. The van der Waals surface area contributed by atoms with Crippen LogP contribution in [0.2, 0.25) is 0 Å². The number of hydrogen-bond donors (Lipinski definition) is 3. The molecular weight excluding hydrogens is 470 g/mol. The van der Waals surface area contributed by atoms with Crippen molar-refractivity contribution in [3.05, 3.63) is 83.4 Å². The highest BCUT2D eigenvalue weighted by Crippen LogP contribution is 2.37. The normalized spacial score (nSPS) is 15.8. The number of carboxylic acids is 1. The van der Waals surface area contributed by atoms with Crippen LogP contribution in [-0.4, -0.2) is 48.1 Å². The fraction of sp³-hybridized carbons (Fsp3) is 0.367. The summed E-state index contributed by atoms with van der Waals surface area (Å²) in [6.07, 6.45) is 1.10. The lowest BCUT2D eigenvalue weighted by Gasteiger charge is -2.27. The molecule has 4 rings (SSSR count). The Hall–Kier alpha value is -3.55. The molecule has 0 spiro atoms. The lowest BCUT2D eigenvalue weighted by Crippen LogP contribution is -2.39. The molecule has 2 atom stereocenters. The lowest BCUT2D eigenvalue weighted by atomic mass is 9.85. The molecule has 0 saturated carbocycles. The van der Waals surface area contributed by atoms with Crippen LogP contribution in [-0.2, 0) is 11.8 Å². The molecule has 3 aromatic carbocycles. The lowest BCUT2D eigenvalue weighted by molar-refractivity contribution is 0.0696. The Kier molecular flexibility index (Phi) is 8.36. The van der Waals surface area contributed by atoms with Crippen molar-refractivity contribution in [2.45, 2.75) is 51.2 Å². The third kappa shape index (κ3) is 7.24. The third-order valence-electron chi connectivity index (χ3n) is 6.26. The van der Waals surface area contributed by atoms with E-state index in [1.54, 1.807) is 18.2 Å². The minimum Gasteiger partial charge on any atom is -0.491 e. The van der Waals surface area contributed by atoms with Crippen molar-refractivity contribution in [3.8, 4) is 23.0 Å². The smallest absolute Gasteiger partial charge is 0.335 e. The minimum atomic E-state index is -0.956. The number of para-hydroxylation sites is 1. The van der Waals surface area contributed by atoms with Gasteiger partial charge in [-0.1, -0.05) is 39.0 Å². The summed E-state index contributed by atoms with van der Waals surface area (Å²) in [6, 6.07) is 20.2. The zero-order valence-electron chi connectivity index (χ0n) is 21.6. The van der Waals surface area contributed by atoms with E-state index in [2.05, 4.69) is 5.32 Å². The number of aromatic carboxylic acids is 1. The highest BCUT2D eigenvalue weighted by Gasteiger charge is 2.23. The van der Waals surface area contributed by atoms with E-state index in [1.165, 1.54) is 0 Å². The van der Waals surface area contributed by atoms with Crippen LogP contribution in [0, 0.1) is 0 Å². The summed E-state index contributed by atoms with van der Waals surface area (Å²) in [6.45, 7) is 7.37. The Bertz CT molecular complexity index is 1200. The molecule has 7 heteroatoms. The Balaban J connectivity index is 1.30. The molecule has 7 nitrogen and oxygen atoms in total. The summed E-state index contributed by atoms with van der Waals surface area (Å²) in [5.41, 5.74) is 1.87. The first kappa shape index (κ1) is 26.5. The maximum absolute atomic E-state index is 11.4. The predicted octanol–water partition coefficient (Wildman–Crippen LogP) is 5.20. The summed E-state index contributed by atoms with van der Waals surface area (Å²) >= 11 is 0. The number of rotatable bonds is 10. The molecule has 3 aromatic rings. The molecule has 1 aliphatic rings. The van der Waals surface area contributed by atoms with Crippen molar-refractivity contribution in [1.29, 1.82) is 0 Å². The summed E-state index contributed by atoms with van der Waals surface area (Å²) in [7, 11) is 0. The molecule has 0 amide bonds. The quantitative estimate of drug-likeness (QED) is 0.349. The molecule has 0 aliphatic carbocycles. The zero-order chi connectivity index (χ0) is 26.4. The van der Waals surface area contributed by atoms with Crippen molar-refractivity contribution >= 4 is 5.97 Å². The fourth-order valence-corrected chi connectivity index (χ4v) is 4.27. The summed E-state index contributed by atoms with van der Waals surface area (Å²) in [5, 5.41) is 22.8. The number of hydrogen-bond acceptors (Lipinski definition) is 6. The second-order valence-electron chi connectivity index (χ2n) is 10.4. The fourth-order valence-electron chi connectivity index (χ4n) is 4.27. The monoisotopic (exact) mass is 505 g/mol. The average Bonchev–Trinajstić information content (AvgIpc) is 2.87. The number of fused-ring (bicyclic) bond motifs is 1. The highest BCUT2D eigenvalue weighted by atomic mass is 16.5. The highest BCUT2D eigenvalue weighted by molar-refractivity contribution is 5.88. The number of aliphatic hydroxyl groups is 1. The van der Waals surface area contributed by atoms with Gasteiger partial charge in [-0.05, 0) is 72.4 Å². The van der Waals surface area contributed by atoms with Gasteiger partial charge in [-0.15, -0.1) is 0 Å². The number of benzene rings is 3. The van der Waals surface area contributed by atoms with Gasteiger partial charge in [0, 0.05) is 18.7 Å². The maximum Gasteiger partial charge on any atom is 0.335 e. The molecule has 0 fully saturated rings. The molecule has 1 aliphatic heterocycles. The van der Waals surface area contributed by atoms with Gasteiger partial charge in [0.05, 0.1) is 5.56 Å². The Morgan fingerprint density at radius 1 is 1.08 bits per heavy atom. The van der Waals surface area contributed by atoms with Gasteiger partial charge >= 0.3 is 5.97 Å². The molecule has 0 bridgehead atoms. The Morgan fingerprint density at radius 2 is 1.86 bits per heavy atom. The van der Waals surface area contributed by atoms with E-state index in [1.807, 2.05) is 69.3 Å². The Labute approximate surface area is 218 Å². The van der Waals surface area contributed by atoms with Gasteiger partial charge in [-0.25, -0.2) is 4.79 Å². The number of carbonyl (C=O) groups is 1. The first-order chi connectivity index (χ1) is 17.7. The van der Waals surface area contributed by atoms with E-state index < -0.39 is 12.1 Å². The van der Waals surface area contributed by atoms with Crippen LogP contribution in [0.4, 0.5) is 0 Å². The second kappa shape index (κ2) is 11.7. The zero-order valence-corrected chi connectivity index (χ0v) is 21.6. The van der Waals surface area contributed by atoms with Gasteiger partial charge < -0.3 is 29.7 Å². The predicted molar refractivity (Wildman–Crippen MR) is 142 cm³/mol. The van der Waals surface area contributed by atoms with E-state index in [0.717, 1.165) is 35.5 Å². The number of nitrogens with one attached hydrogen (secondary N) is 1. The van der Waals surface area contributed by atoms with Gasteiger partial charge in [0.25, 0.3) is 0 Å². The summed E-state index contributed by atoms with van der Waals surface area (Å²) < 4.78 is 18.0. The molecule has 196 valence electrons. The molecule has 0 radical (unpaired) electrons. The number of aliphatic hydroxyl groups excluding tert-OH is 1. The van der Waals surface area contributed by atoms with E-state index in [-0.39, 0.29) is 23.7 Å². The molecule has 1 heterocycles. The molecule has 3 N–H and O–H groups in total. The van der Waals surface area contributed by atoms with E-state index >= 15 is 0 Å². The van der Waals surface area contributed by atoms with Gasteiger partial charge in [0.15, 0.2) is 0 Å². The number of ether oxygens (including phenoxy) is 3. The van der Waals surface area contributed by atoms with Crippen molar-refractivity contribution in [2.24, 2.45) is 0 Å². The topological polar surface area (TPSA) is 97.3 Å². The van der Waals surface area contributed by atoms with E-state index in [0.29, 0.717) is 24.6 Å². The Morgan fingerprint density at radius 3 is 2.59 bits per heavy atom. The first-order valence-corrected chi connectivity index (χ1v) is 12.6. The van der Waals surface area contributed by atoms with E-state index in [4.69, 9.17) is 14.2 Å². The van der Waals surface area contributed by atoms with Crippen LogP contribution in [0.15, 0.2) is 66.7 Å². The van der Waals surface area contributed by atoms with Crippen molar-refractivity contribution < 1.29 is 29.2 Å². The van der Waals surface area contributed by atoms with Gasteiger partial charge in [0.2, 0.25) is 0 Å². The molecule has 0 unspecified atom stereocenters. The van der Waals surface area contributed by atoms with Crippen molar-refractivity contribution in [3.63, 3.8) is 0 Å². The second-order valence-corrected chi connectivity index (χ2v) is 10.4. The summed E-state index contributed by atoms with van der Waals surface area (Å²) in [4.78, 5) is 11.4. The van der Waals surface area contributed by atoms with Crippen LogP contribution in [0.1, 0.15) is 48.7 Å². The van der Waals surface area contributed by atoms with Crippen molar-refractivity contribution in [1.82, 2.24) is 5.32 Å². The first-order valence-electron chi connectivity index (χ1n) is 12.6.